The molecule has 1 nitrogen and oxygen atoms in total. The molecule has 0 unspecified atom stereocenters. The van der Waals surface area contributed by atoms with Gasteiger partial charge in [-0.15, -0.1) is 0 Å². The summed E-state index contributed by atoms with van der Waals surface area (Å²) in [5.74, 6) is 0. The molecule has 1 aromatic heterocycles. The van der Waals surface area contributed by atoms with E-state index in [1.165, 1.54) is 44.0 Å². The first-order valence-electron chi connectivity index (χ1n) is 9.34. The third-order valence-corrected chi connectivity index (χ3v) is 20.9. The number of aromatic nitrogens is 1. The van der Waals surface area contributed by atoms with Crippen molar-refractivity contribution in [1.29, 1.82) is 0 Å². The molecule has 0 spiro atoms. The van der Waals surface area contributed by atoms with Crippen LogP contribution in [0.5, 0.6) is 0 Å². The minimum atomic E-state index is -2.28. The van der Waals surface area contributed by atoms with Crippen LogP contribution in [0.1, 0.15) is 59.3 Å². The molecule has 122 valence electrons. The van der Waals surface area contributed by atoms with Crippen LogP contribution in [0.15, 0.2) is 30.5 Å². The van der Waals surface area contributed by atoms with Crippen LogP contribution in [0.2, 0.25) is 13.3 Å². The fraction of sp³-hybridized carbons (Fsp3) is 0.600. The summed E-state index contributed by atoms with van der Waals surface area (Å²) in [4.78, 5) is 3.58. The molecule has 0 aliphatic heterocycles. The van der Waals surface area contributed by atoms with Crippen molar-refractivity contribution in [3.8, 4) is 0 Å². The predicted molar refractivity (Wildman–Crippen MR) is 103 cm³/mol. The van der Waals surface area contributed by atoms with Gasteiger partial charge in [0.2, 0.25) is 0 Å². The predicted octanol–water partition coefficient (Wildman–Crippen LogP) is 6.22. The van der Waals surface area contributed by atoms with Gasteiger partial charge in [-0.3, -0.25) is 0 Å². The van der Waals surface area contributed by atoms with Crippen LogP contribution in [0.4, 0.5) is 0 Å². The molecule has 0 amide bonds. The first-order valence-corrected chi connectivity index (χ1v) is 16.8. The summed E-state index contributed by atoms with van der Waals surface area (Å²) in [7, 11) is 0. The first-order chi connectivity index (χ1) is 10.8. The Morgan fingerprint density at radius 3 is 1.91 bits per heavy atom. The summed E-state index contributed by atoms with van der Waals surface area (Å²) in [5, 5.41) is 1.54. The van der Waals surface area contributed by atoms with Crippen molar-refractivity contribution in [2.75, 3.05) is 0 Å². The quantitative estimate of drug-likeness (QED) is 0.451. The number of nitrogens with one attached hydrogen (secondary N) is 1. The maximum absolute atomic E-state index is 3.58. The standard InChI is InChI=1S/C8H6N.3C4H9.Sn/c1-2-4-8-7(3-1)5-6-9-8;3*1-3-4-2;/h1-4,6,9H;3*1,3-4H2,2H3;. The number of fused-ring (bicyclic) bond motifs is 1. The number of rotatable bonds is 10. The van der Waals surface area contributed by atoms with Crippen molar-refractivity contribution in [3.05, 3.63) is 30.5 Å². The topological polar surface area (TPSA) is 15.8 Å². The molecule has 0 saturated carbocycles. The molecule has 2 aromatic rings. The van der Waals surface area contributed by atoms with Crippen LogP contribution in [-0.4, -0.2) is 23.4 Å². The van der Waals surface area contributed by atoms with Crippen LogP contribution >= 0.6 is 0 Å². The van der Waals surface area contributed by atoms with E-state index in [0.29, 0.717) is 0 Å². The number of aromatic amines is 1. The van der Waals surface area contributed by atoms with E-state index in [4.69, 9.17) is 0 Å². The second kappa shape index (κ2) is 9.00. The van der Waals surface area contributed by atoms with E-state index in [-0.39, 0.29) is 0 Å². The first kappa shape index (κ1) is 17.9. The van der Waals surface area contributed by atoms with E-state index in [1.807, 2.05) is 0 Å². The molecule has 0 fully saturated rings. The van der Waals surface area contributed by atoms with Crippen LogP contribution in [0.25, 0.3) is 10.9 Å². The van der Waals surface area contributed by atoms with Gasteiger partial charge in [0.25, 0.3) is 0 Å². The van der Waals surface area contributed by atoms with Crippen molar-refractivity contribution in [2.24, 2.45) is 0 Å². The molecular formula is C20H33NSn. The molecule has 1 heterocycles. The van der Waals surface area contributed by atoms with Gasteiger partial charge in [0.05, 0.1) is 0 Å². The van der Waals surface area contributed by atoms with Crippen LogP contribution < -0.4 is 3.58 Å². The Morgan fingerprint density at radius 2 is 1.36 bits per heavy atom. The van der Waals surface area contributed by atoms with E-state index >= 15 is 0 Å². The number of benzene rings is 1. The second-order valence-electron chi connectivity index (χ2n) is 6.84. The van der Waals surface area contributed by atoms with Crippen molar-refractivity contribution >= 4 is 32.9 Å². The molecule has 0 aliphatic carbocycles. The number of unbranched alkanes of at least 4 members (excludes halogenated alkanes) is 3. The molecule has 1 N–H and O–H groups in total. The van der Waals surface area contributed by atoms with Gasteiger partial charge in [-0.1, -0.05) is 0 Å². The van der Waals surface area contributed by atoms with Crippen LogP contribution in [0, 0.1) is 0 Å². The van der Waals surface area contributed by atoms with Crippen molar-refractivity contribution in [3.63, 3.8) is 0 Å². The van der Waals surface area contributed by atoms with Crippen molar-refractivity contribution in [1.82, 2.24) is 4.98 Å². The van der Waals surface area contributed by atoms with E-state index in [1.54, 1.807) is 22.3 Å². The fourth-order valence-electron chi connectivity index (χ4n) is 3.83. The summed E-state index contributed by atoms with van der Waals surface area (Å²) in [6.07, 6.45) is 10.7. The van der Waals surface area contributed by atoms with Gasteiger partial charge in [-0.2, -0.15) is 0 Å². The monoisotopic (exact) mass is 407 g/mol. The second-order valence-corrected chi connectivity index (χ2v) is 20.0. The Balaban J connectivity index is 2.42. The van der Waals surface area contributed by atoms with Gasteiger partial charge in [0, 0.05) is 0 Å². The van der Waals surface area contributed by atoms with E-state index in [0.717, 1.165) is 0 Å². The summed E-state index contributed by atoms with van der Waals surface area (Å²) in [6.45, 7) is 7.06. The zero-order valence-electron chi connectivity index (χ0n) is 14.8. The Bertz CT molecular complexity index is 536. The summed E-state index contributed by atoms with van der Waals surface area (Å²) in [5.41, 5.74) is 1.35. The molecule has 0 aliphatic rings. The van der Waals surface area contributed by atoms with E-state index in [9.17, 15) is 0 Å². The summed E-state index contributed by atoms with van der Waals surface area (Å²) < 4.78 is 6.44. The molecule has 2 rings (SSSR count). The van der Waals surface area contributed by atoms with E-state index < -0.39 is 18.4 Å². The Hall–Kier alpha value is -0.441. The average molecular weight is 406 g/mol. The zero-order chi connectivity index (χ0) is 15.8. The van der Waals surface area contributed by atoms with Crippen molar-refractivity contribution < 1.29 is 0 Å². The fourth-order valence-corrected chi connectivity index (χ4v) is 20.4. The zero-order valence-corrected chi connectivity index (χ0v) is 17.6. The Morgan fingerprint density at radius 1 is 0.818 bits per heavy atom. The number of H-pyrrole nitrogens is 1. The summed E-state index contributed by atoms with van der Waals surface area (Å²) >= 11 is -2.28. The molecule has 1 aromatic carbocycles. The van der Waals surface area contributed by atoms with Gasteiger partial charge in [-0.25, -0.2) is 0 Å². The molecule has 0 saturated heterocycles. The van der Waals surface area contributed by atoms with Gasteiger partial charge in [-0.05, 0) is 0 Å². The Labute approximate surface area is 140 Å². The number of hydrogen-bond donors (Lipinski definition) is 1. The van der Waals surface area contributed by atoms with Crippen molar-refractivity contribution in [2.45, 2.75) is 72.6 Å². The molecule has 2 heteroatoms. The Kier molecular flexibility index (Phi) is 7.33. The molecule has 22 heavy (non-hydrogen) atoms. The minimum absolute atomic E-state index is 1.35. The van der Waals surface area contributed by atoms with Crippen LogP contribution in [-0.2, 0) is 0 Å². The van der Waals surface area contributed by atoms with Gasteiger partial charge in [0.15, 0.2) is 0 Å². The third-order valence-electron chi connectivity index (χ3n) is 5.19. The summed E-state index contributed by atoms with van der Waals surface area (Å²) in [6, 6.07) is 8.98. The normalized spacial score (nSPS) is 12.1. The number of hydrogen-bond acceptors (Lipinski definition) is 0. The SMILES string of the molecule is CCC[CH2][Sn]([CH2]CCC)([CH2]CCC)[c]1c[nH]c2ccccc12. The molecule has 0 radical (unpaired) electrons. The van der Waals surface area contributed by atoms with Crippen LogP contribution in [0.3, 0.4) is 0 Å². The van der Waals surface area contributed by atoms with Gasteiger partial charge in [0.1, 0.15) is 0 Å². The van der Waals surface area contributed by atoms with E-state index in [2.05, 4.69) is 56.2 Å². The third kappa shape index (κ3) is 4.10. The molecular weight excluding hydrogens is 373 g/mol. The molecule has 0 bridgehead atoms. The molecule has 0 atom stereocenters. The van der Waals surface area contributed by atoms with Gasteiger partial charge >= 0.3 is 141 Å². The maximum atomic E-state index is 3.58. The average Bonchev–Trinajstić information content (AvgIpc) is 2.99. The van der Waals surface area contributed by atoms with Gasteiger partial charge < -0.3 is 0 Å². The number of para-hydroxylation sites is 1.